The molecular weight excluding hydrogens is 555 g/mol. The van der Waals surface area contributed by atoms with E-state index < -0.39 is 0 Å². The van der Waals surface area contributed by atoms with Gasteiger partial charge in [-0.15, -0.1) is 0 Å². The fraction of sp³-hybridized carbons (Fsp3) is 0.478. The summed E-state index contributed by atoms with van der Waals surface area (Å²) in [5, 5.41) is 0. The summed E-state index contributed by atoms with van der Waals surface area (Å²) in [4.78, 5) is 12.4. The molecular formula is C23H32KN4NaO2S4. The summed E-state index contributed by atoms with van der Waals surface area (Å²) >= 11 is 20.1. The van der Waals surface area contributed by atoms with E-state index in [0.717, 1.165) is 37.4 Å². The Morgan fingerprint density at radius 3 is 1.54 bits per heavy atom. The van der Waals surface area contributed by atoms with E-state index in [1.54, 1.807) is 4.90 Å². The number of hydrogen-bond donors (Lipinski definition) is 0. The number of nitrogens with zero attached hydrogens (tertiary/aromatic N) is 4. The largest absolute Gasteiger partial charge is 1.00 e. The van der Waals surface area contributed by atoms with Crippen LogP contribution >= 0.6 is 24.4 Å². The monoisotopic (exact) mass is 586 g/mol. The maximum atomic E-state index is 5.49. The molecule has 0 unspecified atom stereocenters. The van der Waals surface area contributed by atoms with Crippen molar-refractivity contribution in [3.63, 3.8) is 0 Å². The summed E-state index contributed by atoms with van der Waals surface area (Å²) in [6.45, 7) is 11.0. The van der Waals surface area contributed by atoms with Gasteiger partial charge in [0.05, 0.1) is 13.2 Å². The van der Waals surface area contributed by atoms with Crippen molar-refractivity contribution in [2.75, 3.05) is 36.1 Å². The van der Waals surface area contributed by atoms with Crippen LogP contribution in [0.25, 0.3) is 0 Å². The average molecular weight is 587 g/mol. The zero-order chi connectivity index (χ0) is 24.6. The number of ether oxygens (including phenoxy) is 2. The molecule has 0 aromatic carbocycles. The third kappa shape index (κ3) is 15.1. The first-order chi connectivity index (χ1) is 15.9. The van der Waals surface area contributed by atoms with Crippen LogP contribution in [0.3, 0.4) is 0 Å². The molecule has 0 saturated carbocycles. The number of thiocarbonyl (C=S) groups is 2. The molecule has 0 aliphatic rings. The fourth-order valence-corrected chi connectivity index (χ4v) is 3.41. The molecule has 2 heterocycles. The first-order valence-electron chi connectivity index (χ1n) is 11.0. The van der Waals surface area contributed by atoms with Gasteiger partial charge in [0, 0.05) is 25.2 Å². The molecule has 2 aromatic heterocycles. The summed E-state index contributed by atoms with van der Waals surface area (Å²) in [6, 6.07) is 11.2. The molecule has 2 rings (SSSR count). The first kappa shape index (κ1) is 37.9. The van der Waals surface area contributed by atoms with E-state index in [-0.39, 0.29) is 80.9 Å². The van der Waals surface area contributed by atoms with Gasteiger partial charge in [-0.1, -0.05) is 41.5 Å². The van der Waals surface area contributed by atoms with Crippen molar-refractivity contribution in [3.05, 3.63) is 36.4 Å². The third-order valence-corrected chi connectivity index (χ3v) is 4.96. The van der Waals surface area contributed by atoms with Gasteiger partial charge in [0.15, 0.2) is 0 Å². The van der Waals surface area contributed by atoms with Crippen molar-refractivity contribution < 1.29 is 90.4 Å². The van der Waals surface area contributed by atoms with Crippen LogP contribution in [0.1, 0.15) is 47.0 Å². The van der Waals surface area contributed by atoms with E-state index in [9.17, 15) is 0 Å². The molecule has 0 N–H and O–H groups in total. The van der Waals surface area contributed by atoms with Gasteiger partial charge in [0.25, 0.3) is 0 Å². The Kier molecular flexibility index (Phi) is 24.6. The fourth-order valence-electron chi connectivity index (χ4n) is 2.59. The standard InChI is InChI=1S/C12H18N2OS2.C11H16N2OS2.K.Na/c1-3-8-14(12(16)17)10-6-5-7-11(13-10)15-9-4-2;1-3-8-14-10-7-5-6-9(12-10)13(4-2)11(15)16;;/h5-7H,3-4,8-9H2,1-2H3,(H,16,17);5-7H,3-4,8H2,1-2H3,(H,15,16);;/q;;2*+1/p-2. The minimum Gasteiger partial charge on any atom is -0.478 e. The Balaban J connectivity index is 0. The quantitative estimate of drug-likeness (QED) is 0.195. The number of anilines is 2. The zero-order valence-corrected chi connectivity index (χ0v) is 30.0. The van der Waals surface area contributed by atoms with Gasteiger partial charge in [-0.25, -0.2) is 0 Å². The van der Waals surface area contributed by atoms with Gasteiger partial charge >= 0.3 is 80.9 Å². The minimum absolute atomic E-state index is 0. The maximum absolute atomic E-state index is 5.49. The van der Waals surface area contributed by atoms with Crippen LogP contribution in [0.5, 0.6) is 11.8 Å². The normalized spacial score (nSPS) is 9.37. The molecule has 0 amide bonds. The van der Waals surface area contributed by atoms with E-state index in [4.69, 9.17) is 59.2 Å². The molecule has 2 aromatic rings. The van der Waals surface area contributed by atoms with Gasteiger partial charge < -0.3 is 69.0 Å². The first-order valence-corrected chi connectivity index (χ1v) is 12.7. The van der Waals surface area contributed by atoms with Crippen molar-refractivity contribution in [1.29, 1.82) is 0 Å². The second-order valence-electron chi connectivity index (χ2n) is 6.79. The van der Waals surface area contributed by atoms with Crippen LogP contribution in [0, 0.1) is 0 Å². The second kappa shape index (κ2) is 22.7. The molecule has 0 fully saturated rings. The van der Waals surface area contributed by atoms with Crippen LogP contribution in [-0.4, -0.2) is 44.9 Å². The minimum atomic E-state index is 0. The predicted molar refractivity (Wildman–Crippen MR) is 151 cm³/mol. The van der Waals surface area contributed by atoms with Crippen molar-refractivity contribution in [1.82, 2.24) is 9.97 Å². The third-order valence-electron chi connectivity index (χ3n) is 4.08. The number of hydrogen-bond acceptors (Lipinski definition) is 8. The number of aromatic nitrogens is 2. The van der Waals surface area contributed by atoms with Gasteiger partial charge in [0.2, 0.25) is 11.8 Å². The van der Waals surface area contributed by atoms with Gasteiger partial charge in [-0.05, 0) is 38.3 Å². The van der Waals surface area contributed by atoms with Gasteiger partial charge in [-0.3, -0.25) is 0 Å². The van der Waals surface area contributed by atoms with E-state index in [1.165, 1.54) is 0 Å². The molecule has 6 nitrogen and oxygen atoms in total. The zero-order valence-electron chi connectivity index (χ0n) is 21.7. The molecule has 182 valence electrons. The summed E-state index contributed by atoms with van der Waals surface area (Å²) in [5.74, 6) is 2.75. The van der Waals surface area contributed by atoms with Crippen LogP contribution < -0.4 is 100 Å². The Morgan fingerprint density at radius 2 is 1.20 bits per heavy atom. The molecule has 0 atom stereocenters. The molecule has 0 radical (unpaired) electrons. The van der Waals surface area contributed by atoms with Crippen molar-refractivity contribution in [3.8, 4) is 11.8 Å². The molecule has 12 heteroatoms. The number of rotatable bonds is 11. The van der Waals surface area contributed by atoms with Crippen LogP contribution in [0.4, 0.5) is 11.6 Å². The van der Waals surface area contributed by atoms with Crippen molar-refractivity contribution in [2.24, 2.45) is 0 Å². The molecule has 35 heavy (non-hydrogen) atoms. The summed E-state index contributed by atoms with van der Waals surface area (Å²) < 4.78 is 11.8. The molecule has 0 aliphatic heterocycles. The summed E-state index contributed by atoms with van der Waals surface area (Å²) in [7, 11) is 0. The van der Waals surface area contributed by atoms with E-state index in [2.05, 4.69) is 30.7 Å². The van der Waals surface area contributed by atoms with E-state index >= 15 is 0 Å². The van der Waals surface area contributed by atoms with Crippen LogP contribution in [0.15, 0.2) is 36.4 Å². The Labute approximate surface area is 297 Å². The Morgan fingerprint density at radius 1 is 0.771 bits per heavy atom. The Hall–Kier alpha value is 0.756. The van der Waals surface area contributed by atoms with Gasteiger partial charge in [-0.2, -0.15) is 9.97 Å². The molecule has 0 spiro atoms. The topological polar surface area (TPSA) is 50.7 Å². The molecule has 0 aliphatic carbocycles. The van der Waals surface area contributed by atoms with Crippen molar-refractivity contribution in [2.45, 2.75) is 47.0 Å². The molecule has 0 bridgehead atoms. The smallest absolute Gasteiger partial charge is 0.478 e. The van der Waals surface area contributed by atoms with E-state index in [0.29, 0.717) is 40.2 Å². The Bertz CT molecular complexity index is 883. The maximum Gasteiger partial charge on any atom is 1.00 e. The SMILES string of the molecule is CCCOc1cccc(N(CC)C(=S)[S-])n1.CCCOc1cccc(N(CCC)C(=S)[S-])n1.[K+].[Na+]. The molecule has 0 saturated heterocycles. The second-order valence-corrected chi connectivity index (χ2v) is 8.86. The van der Waals surface area contributed by atoms with E-state index in [1.807, 2.05) is 48.2 Å². The average Bonchev–Trinajstić information content (AvgIpc) is 2.80. The van der Waals surface area contributed by atoms with Crippen molar-refractivity contribution >= 4 is 70.0 Å². The number of pyridine rings is 2. The predicted octanol–water partition coefficient (Wildman–Crippen LogP) is -0.545. The summed E-state index contributed by atoms with van der Waals surface area (Å²) in [6.07, 6.45) is 2.89. The summed E-state index contributed by atoms with van der Waals surface area (Å²) in [5.41, 5.74) is 0. The van der Waals surface area contributed by atoms with Crippen LogP contribution in [0.2, 0.25) is 0 Å². The van der Waals surface area contributed by atoms with Gasteiger partial charge in [0.1, 0.15) is 11.6 Å². The van der Waals surface area contributed by atoms with Crippen LogP contribution in [-0.2, 0) is 25.3 Å².